The number of carbonyl (C=O) groups is 3. The summed E-state index contributed by atoms with van der Waals surface area (Å²) in [5.74, 6) is -5.81. The molecule has 5 nitrogen and oxygen atoms in total. The van der Waals surface area contributed by atoms with Crippen molar-refractivity contribution in [2.45, 2.75) is 43.0 Å². The largest absolute Gasteiger partial charge is 0.371 e. The average Bonchev–Trinajstić information content (AvgIpc) is 3.52. The van der Waals surface area contributed by atoms with E-state index in [0.717, 1.165) is 18.2 Å². The van der Waals surface area contributed by atoms with Crippen molar-refractivity contribution >= 4 is 69.6 Å². The fourth-order valence-corrected chi connectivity index (χ4v) is 5.92. The molecule has 1 unspecified atom stereocenters. The second-order valence-electron chi connectivity index (χ2n) is 9.83. The Kier molecular flexibility index (Phi) is 9.95. The maximum absolute atomic E-state index is 15.2. The van der Waals surface area contributed by atoms with Crippen LogP contribution in [-0.2, 0) is 27.2 Å². The smallest absolute Gasteiger partial charge is 0.231 e. The molecule has 1 aliphatic carbocycles. The quantitative estimate of drug-likeness (QED) is 0.168. The Morgan fingerprint density at radius 2 is 1.64 bits per heavy atom. The molecule has 222 valence electrons. The summed E-state index contributed by atoms with van der Waals surface area (Å²) in [5, 5.41) is 2.54. The van der Waals surface area contributed by atoms with Crippen LogP contribution in [-0.4, -0.2) is 34.5 Å². The first-order valence-corrected chi connectivity index (χ1v) is 14.3. The summed E-state index contributed by atoms with van der Waals surface area (Å²) in [6.07, 6.45) is -1.88. The molecule has 0 aliphatic heterocycles. The van der Waals surface area contributed by atoms with Crippen LogP contribution < -0.4 is 5.32 Å². The van der Waals surface area contributed by atoms with Crippen LogP contribution in [0.15, 0.2) is 48.5 Å². The zero-order chi connectivity index (χ0) is 30.9. The van der Waals surface area contributed by atoms with Gasteiger partial charge in [0.2, 0.25) is 5.91 Å². The summed E-state index contributed by atoms with van der Waals surface area (Å²) in [6, 6.07) is 10.2. The van der Waals surface area contributed by atoms with E-state index in [0.29, 0.717) is 5.56 Å². The van der Waals surface area contributed by atoms with Crippen LogP contribution in [0.4, 0.5) is 18.9 Å². The average molecular weight is 661 g/mol. The van der Waals surface area contributed by atoms with Crippen LogP contribution in [0.2, 0.25) is 10.0 Å². The number of hydrogen-bond donors (Lipinski definition) is 1. The van der Waals surface area contributed by atoms with Crippen LogP contribution >= 0.6 is 46.4 Å². The molecule has 1 saturated carbocycles. The number of alkyl halides is 2. The van der Waals surface area contributed by atoms with Gasteiger partial charge in [-0.3, -0.25) is 14.4 Å². The SMILES string of the molecule is CCOC(C)C(=O)Cc1c(F)ccc(CC(=O)c2cc(NC(=O)[C@H]3[C@H](c4ccc(F)c(Cl)c4)C3(Cl)Cl)ccc2Cl)c1F. The summed E-state index contributed by atoms with van der Waals surface area (Å²) in [6.45, 7) is 3.44. The van der Waals surface area contributed by atoms with Crippen LogP contribution in [0.1, 0.15) is 46.8 Å². The number of nitrogens with one attached hydrogen (secondary N) is 1. The molecule has 1 N–H and O–H groups in total. The Morgan fingerprint density at radius 3 is 2.31 bits per heavy atom. The first kappa shape index (κ1) is 32.3. The van der Waals surface area contributed by atoms with Crippen molar-refractivity contribution in [2.24, 2.45) is 5.92 Å². The summed E-state index contributed by atoms with van der Waals surface area (Å²) in [4.78, 5) is 38.5. The number of halogens is 7. The normalized spacial score (nSPS) is 17.9. The number of ether oxygens (including phenoxy) is 1. The first-order valence-electron chi connectivity index (χ1n) is 12.8. The van der Waals surface area contributed by atoms with Gasteiger partial charge in [0.1, 0.15) is 27.9 Å². The maximum atomic E-state index is 15.2. The zero-order valence-electron chi connectivity index (χ0n) is 22.3. The molecule has 1 amide bonds. The van der Waals surface area contributed by atoms with Crippen LogP contribution in [0, 0.1) is 23.4 Å². The molecule has 0 bridgehead atoms. The van der Waals surface area contributed by atoms with Crippen molar-refractivity contribution < 1.29 is 32.3 Å². The van der Waals surface area contributed by atoms with Crippen LogP contribution in [0.3, 0.4) is 0 Å². The Morgan fingerprint density at radius 1 is 0.952 bits per heavy atom. The zero-order valence-corrected chi connectivity index (χ0v) is 25.3. The number of carbonyl (C=O) groups excluding carboxylic acids is 3. The molecule has 42 heavy (non-hydrogen) atoms. The molecule has 0 radical (unpaired) electrons. The molecule has 1 aliphatic rings. The van der Waals surface area contributed by atoms with Crippen molar-refractivity contribution in [2.75, 3.05) is 11.9 Å². The summed E-state index contributed by atoms with van der Waals surface area (Å²) >= 11 is 24.8. The van der Waals surface area contributed by atoms with Gasteiger partial charge < -0.3 is 10.1 Å². The molecule has 0 heterocycles. The minimum absolute atomic E-state index is 0.0264. The minimum Gasteiger partial charge on any atom is -0.371 e. The summed E-state index contributed by atoms with van der Waals surface area (Å²) in [7, 11) is 0. The molecular weight excluding hydrogens is 637 g/mol. The third kappa shape index (κ3) is 6.79. The van der Waals surface area contributed by atoms with E-state index in [4.69, 9.17) is 51.1 Å². The lowest BCUT2D eigenvalue weighted by Crippen LogP contribution is -2.24. The van der Waals surface area contributed by atoms with Gasteiger partial charge in [-0.15, -0.1) is 23.2 Å². The molecule has 0 aromatic heterocycles. The summed E-state index contributed by atoms with van der Waals surface area (Å²) < 4.78 is 47.0. The highest BCUT2D eigenvalue weighted by Crippen LogP contribution is 2.65. The van der Waals surface area contributed by atoms with Gasteiger partial charge in [0, 0.05) is 42.2 Å². The van der Waals surface area contributed by atoms with Gasteiger partial charge in [-0.2, -0.15) is 0 Å². The molecule has 12 heteroatoms. The Bertz CT molecular complexity index is 1570. The van der Waals surface area contributed by atoms with E-state index in [1.165, 1.54) is 37.3 Å². The highest BCUT2D eigenvalue weighted by atomic mass is 35.5. The van der Waals surface area contributed by atoms with E-state index < -0.39 is 75.6 Å². The van der Waals surface area contributed by atoms with Gasteiger partial charge in [-0.25, -0.2) is 13.2 Å². The molecule has 0 spiro atoms. The Labute approximate surface area is 260 Å². The monoisotopic (exact) mass is 659 g/mol. The molecule has 3 atom stereocenters. The Hall–Kier alpha value is -2.62. The minimum atomic E-state index is -1.48. The van der Waals surface area contributed by atoms with Crippen LogP contribution in [0.5, 0.6) is 0 Å². The van der Waals surface area contributed by atoms with Crippen molar-refractivity contribution in [1.29, 1.82) is 0 Å². The lowest BCUT2D eigenvalue weighted by atomic mass is 9.97. The number of Topliss-reactive ketones (excluding diaryl/α,β-unsaturated/α-hetero) is 2. The summed E-state index contributed by atoms with van der Waals surface area (Å²) in [5.41, 5.74) is 0.0489. The molecule has 3 aromatic rings. The number of anilines is 1. The highest BCUT2D eigenvalue weighted by molar-refractivity contribution is 6.53. The topological polar surface area (TPSA) is 72.5 Å². The van der Waals surface area contributed by atoms with E-state index in [2.05, 4.69) is 5.32 Å². The molecule has 3 aromatic carbocycles. The number of benzene rings is 3. The predicted molar refractivity (Wildman–Crippen MR) is 156 cm³/mol. The number of ketones is 2. The number of amides is 1. The molecule has 0 saturated heterocycles. The van der Waals surface area contributed by atoms with Gasteiger partial charge in [0.15, 0.2) is 11.6 Å². The van der Waals surface area contributed by atoms with Crippen LogP contribution in [0.25, 0.3) is 0 Å². The van der Waals surface area contributed by atoms with Gasteiger partial charge >= 0.3 is 0 Å². The highest BCUT2D eigenvalue weighted by Gasteiger charge is 2.67. The van der Waals surface area contributed by atoms with Crippen molar-refractivity contribution in [3.63, 3.8) is 0 Å². The van der Waals surface area contributed by atoms with E-state index in [-0.39, 0.29) is 33.5 Å². The van der Waals surface area contributed by atoms with E-state index in [1.54, 1.807) is 6.92 Å². The van der Waals surface area contributed by atoms with Crippen molar-refractivity contribution in [3.05, 3.63) is 98.3 Å². The van der Waals surface area contributed by atoms with Gasteiger partial charge in [0.25, 0.3) is 0 Å². The fourth-order valence-electron chi connectivity index (χ4n) is 4.68. The van der Waals surface area contributed by atoms with E-state index in [1.807, 2.05) is 0 Å². The molecule has 1 fully saturated rings. The maximum Gasteiger partial charge on any atom is 0.231 e. The van der Waals surface area contributed by atoms with Crippen molar-refractivity contribution in [1.82, 2.24) is 0 Å². The predicted octanol–water partition coefficient (Wildman–Crippen LogP) is 7.90. The van der Waals surface area contributed by atoms with Gasteiger partial charge in [-0.05, 0) is 61.4 Å². The standard InChI is InChI=1S/C30H24Cl4F3NO4/c1-3-42-14(2)24(39)13-19-22(35)8-5-16(28(19)37)11-25(40)18-12-17(6-7-20(18)31)38-29(41)27-26(30(27,33)34)15-4-9-23(36)21(32)10-15/h4-10,12,14,26-27H,3,11,13H2,1-2H3,(H,38,41)/t14?,26-,27+/m0/s1. The van der Waals surface area contributed by atoms with Crippen molar-refractivity contribution in [3.8, 4) is 0 Å². The Balaban J connectivity index is 1.50. The third-order valence-electron chi connectivity index (χ3n) is 7.01. The number of rotatable bonds is 11. The van der Waals surface area contributed by atoms with Gasteiger partial charge in [-0.1, -0.05) is 35.3 Å². The lowest BCUT2D eigenvalue weighted by molar-refractivity contribution is -0.128. The lowest BCUT2D eigenvalue weighted by Gasteiger charge is -2.13. The molecule has 4 rings (SSSR count). The second-order valence-corrected chi connectivity index (χ2v) is 12.1. The third-order valence-corrected chi connectivity index (χ3v) is 8.57. The van der Waals surface area contributed by atoms with E-state index >= 15 is 4.39 Å². The second kappa shape index (κ2) is 12.9. The van der Waals surface area contributed by atoms with Gasteiger partial charge in [0.05, 0.1) is 16.0 Å². The number of hydrogen-bond acceptors (Lipinski definition) is 4. The molecular formula is C30H24Cl4F3NO4. The first-order chi connectivity index (χ1) is 19.8. The van der Waals surface area contributed by atoms with E-state index in [9.17, 15) is 23.2 Å². The fraction of sp³-hybridized carbons (Fsp3) is 0.300.